The number of ether oxygens (including phenoxy) is 1. The molecule has 5 heteroatoms. The Hall–Kier alpha value is -3.21. The Bertz CT molecular complexity index is 757. The highest BCUT2D eigenvalue weighted by Crippen LogP contribution is 2.28. The van der Waals surface area contributed by atoms with Gasteiger partial charge in [0.15, 0.2) is 17.3 Å². The lowest BCUT2D eigenvalue weighted by Crippen LogP contribution is -1.92. The van der Waals surface area contributed by atoms with Gasteiger partial charge in [-0.25, -0.2) is 0 Å². The number of carbonyl (C=O) groups excluding carboxylic acids is 1. The van der Waals surface area contributed by atoms with Gasteiger partial charge < -0.3 is 20.1 Å². The molecule has 0 fully saturated rings. The molecule has 0 saturated heterocycles. The van der Waals surface area contributed by atoms with E-state index in [4.69, 9.17) is 4.74 Å². The minimum Gasteiger partial charge on any atom is -0.508 e. The number of rotatable bonds is 5. The Morgan fingerprint density at radius 3 is 2.43 bits per heavy atom. The van der Waals surface area contributed by atoms with Crippen LogP contribution >= 0.6 is 0 Å². The third-order valence-corrected chi connectivity index (χ3v) is 3.09. The van der Waals surface area contributed by atoms with E-state index in [0.717, 1.165) is 11.6 Å². The molecule has 2 aromatic carbocycles. The zero-order valence-electron chi connectivity index (χ0n) is 12.4. The van der Waals surface area contributed by atoms with Crippen molar-refractivity contribution in [3.63, 3.8) is 0 Å². The molecule has 0 aromatic heterocycles. The van der Waals surface area contributed by atoms with Crippen molar-refractivity contribution in [3.05, 3.63) is 65.7 Å². The van der Waals surface area contributed by atoms with Crippen molar-refractivity contribution in [3.8, 4) is 17.2 Å². The van der Waals surface area contributed by atoms with Crippen LogP contribution in [0.25, 0.3) is 11.8 Å². The molecule has 0 radical (unpaired) electrons. The van der Waals surface area contributed by atoms with Gasteiger partial charge in [0.05, 0.1) is 7.11 Å². The first-order valence-electron chi connectivity index (χ1n) is 6.78. The van der Waals surface area contributed by atoms with Gasteiger partial charge in [0.2, 0.25) is 0 Å². The summed E-state index contributed by atoms with van der Waals surface area (Å²) in [6.07, 6.45) is 3.95. The first-order chi connectivity index (χ1) is 11.0. The van der Waals surface area contributed by atoms with Gasteiger partial charge in [-0.1, -0.05) is 18.2 Å². The van der Waals surface area contributed by atoms with Crippen LogP contribution in [0.4, 0.5) is 0 Å². The van der Waals surface area contributed by atoms with Crippen LogP contribution in [-0.4, -0.2) is 28.2 Å². The third-order valence-electron chi connectivity index (χ3n) is 3.09. The summed E-state index contributed by atoms with van der Waals surface area (Å²) in [6.45, 7) is 0. The minimum absolute atomic E-state index is 0.0531. The van der Waals surface area contributed by atoms with Crippen molar-refractivity contribution in [2.24, 2.45) is 0 Å². The number of hydrogen-bond acceptors (Lipinski definition) is 5. The number of methoxy groups -OCH3 is 1. The fourth-order valence-electron chi connectivity index (χ4n) is 1.87. The summed E-state index contributed by atoms with van der Waals surface area (Å²) in [4.78, 5) is 11.8. The summed E-state index contributed by atoms with van der Waals surface area (Å²) in [5.74, 6) is -0.337. The van der Waals surface area contributed by atoms with Crippen molar-refractivity contribution in [1.82, 2.24) is 0 Å². The summed E-state index contributed by atoms with van der Waals surface area (Å²) in [5, 5.41) is 28.7. The zero-order chi connectivity index (χ0) is 16.8. The molecule has 0 aliphatic rings. The van der Waals surface area contributed by atoms with E-state index in [1.165, 1.54) is 43.5 Å². The standard InChI is InChI=1S/C18H16O5/c1-23-18-10-13(5-9-16(18)21)17(22)11-15(20)8-4-12-2-6-14(19)7-3-12/h2-11,19,21-22H,1H3/b8-4+,17-11-. The van der Waals surface area contributed by atoms with Crippen LogP contribution in [0, 0.1) is 0 Å². The molecule has 0 aliphatic heterocycles. The Balaban J connectivity index is 2.13. The SMILES string of the molecule is COc1cc(/C(O)=C/C(=O)/C=C/c2ccc(O)cc2)ccc1O. The Morgan fingerprint density at radius 1 is 1.09 bits per heavy atom. The second-order valence-corrected chi connectivity index (χ2v) is 4.74. The quantitative estimate of drug-likeness (QED) is 0.582. The second kappa shape index (κ2) is 7.17. The topological polar surface area (TPSA) is 87.0 Å². The van der Waals surface area contributed by atoms with Gasteiger partial charge >= 0.3 is 0 Å². The van der Waals surface area contributed by atoms with Crippen molar-refractivity contribution in [1.29, 1.82) is 0 Å². The smallest absolute Gasteiger partial charge is 0.182 e. The van der Waals surface area contributed by atoms with E-state index in [-0.39, 0.29) is 23.0 Å². The van der Waals surface area contributed by atoms with E-state index >= 15 is 0 Å². The molecule has 0 aliphatic carbocycles. The summed E-state index contributed by atoms with van der Waals surface area (Å²) in [5.41, 5.74) is 1.10. The average molecular weight is 312 g/mol. The fourth-order valence-corrected chi connectivity index (χ4v) is 1.87. The summed E-state index contributed by atoms with van der Waals surface area (Å²) in [6, 6.07) is 10.6. The minimum atomic E-state index is -0.400. The molecule has 118 valence electrons. The number of benzene rings is 2. The number of aromatic hydroxyl groups is 2. The summed E-state index contributed by atoms with van der Waals surface area (Å²) >= 11 is 0. The van der Waals surface area contributed by atoms with Gasteiger partial charge in [-0.05, 0) is 42.0 Å². The molecule has 0 amide bonds. The lowest BCUT2D eigenvalue weighted by atomic mass is 10.1. The van der Waals surface area contributed by atoms with Gasteiger partial charge in [0.25, 0.3) is 0 Å². The predicted molar refractivity (Wildman–Crippen MR) is 87.4 cm³/mol. The lowest BCUT2D eigenvalue weighted by Gasteiger charge is -2.05. The van der Waals surface area contributed by atoms with Crippen LogP contribution < -0.4 is 4.74 Å². The van der Waals surface area contributed by atoms with Crippen molar-refractivity contribution in [2.45, 2.75) is 0 Å². The van der Waals surface area contributed by atoms with E-state index in [9.17, 15) is 20.1 Å². The number of aliphatic hydroxyl groups is 1. The van der Waals surface area contributed by atoms with Crippen LogP contribution in [-0.2, 0) is 4.79 Å². The molecule has 0 bridgehead atoms. The molecule has 5 nitrogen and oxygen atoms in total. The Labute approximate surface area is 133 Å². The molecule has 23 heavy (non-hydrogen) atoms. The second-order valence-electron chi connectivity index (χ2n) is 4.74. The first kappa shape index (κ1) is 16.2. The van der Waals surface area contributed by atoms with Gasteiger partial charge in [0.1, 0.15) is 11.5 Å². The maximum atomic E-state index is 11.8. The largest absolute Gasteiger partial charge is 0.508 e. The number of carbonyl (C=O) groups is 1. The van der Waals surface area contributed by atoms with Crippen LogP contribution in [0.15, 0.2) is 54.6 Å². The normalized spacial score (nSPS) is 11.6. The van der Waals surface area contributed by atoms with Crippen LogP contribution in [0.1, 0.15) is 11.1 Å². The fraction of sp³-hybridized carbons (Fsp3) is 0.0556. The number of allylic oxidation sites excluding steroid dienone is 2. The van der Waals surface area contributed by atoms with E-state index in [1.807, 2.05) is 0 Å². The van der Waals surface area contributed by atoms with Gasteiger partial charge in [-0.3, -0.25) is 4.79 Å². The molecule has 2 rings (SSSR count). The van der Waals surface area contributed by atoms with Gasteiger partial charge in [0, 0.05) is 11.6 Å². The van der Waals surface area contributed by atoms with E-state index in [2.05, 4.69) is 0 Å². The first-order valence-corrected chi connectivity index (χ1v) is 6.78. The predicted octanol–water partition coefficient (Wildman–Crippen LogP) is 3.29. The average Bonchev–Trinajstić information content (AvgIpc) is 2.54. The number of phenols is 2. The third kappa shape index (κ3) is 4.38. The molecular weight excluding hydrogens is 296 g/mol. The van der Waals surface area contributed by atoms with Crippen LogP contribution in [0.2, 0.25) is 0 Å². The van der Waals surface area contributed by atoms with Crippen molar-refractivity contribution < 1.29 is 24.9 Å². The van der Waals surface area contributed by atoms with Gasteiger partial charge in [-0.2, -0.15) is 0 Å². The van der Waals surface area contributed by atoms with Crippen LogP contribution in [0.5, 0.6) is 17.2 Å². The number of aliphatic hydroxyl groups excluding tert-OH is 1. The zero-order valence-corrected chi connectivity index (χ0v) is 12.4. The Morgan fingerprint density at radius 2 is 1.78 bits per heavy atom. The van der Waals surface area contributed by atoms with E-state index in [0.29, 0.717) is 5.56 Å². The molecule has 0 heterocycles. The molecule has 0 spiro atoms. The highest BCUT2D eigenvalue weighted by atomic mass is 16.5. The number of phenolic OH excluding ortho intramolecular Hbond substituents is 2. The van der Waals surface area contributed by atoms with E-state index < -0.39 is 5.78 Å². The summed E-state index contributed by atoms with van der Waals surface area (Å²) < 4.78 is 4.95. The maximum absolute atomic E-state index is 11.8. The van der Waals surface area contributed by atoms with Crippen molar-refractivity contribution >= 4 is 17.6 Å². The highest BCUT2D eigenvalue weighted by Gasteiger charge is 2.06. The molecule has 2 aromatic rings. The molecular formula is C18H16O5. The monoisotopic (exact) mass is 312 g/mol. The van der Waals surface area contributed by atoms with Crippen LogP contribution in [0.3, 0.4) is 0 Å². The van der Waals surface area contributed by atoms with Gasteiger partial charge in [-0.15, -0.1) is 0 Å². The Kier molecular flexibility index (Phi) is 5.04. The molecule has 0 atom stereocenters. The van der Waals surface area contributed by atoms with Crippen molar-refractivity contribution in [2.75, 3.05) is 7.11 Å². The summed E-state index contributed by atoms with van der Waals surface area (Å²) in [7, 11) is 1.39. The lowest BCUT2D eigenvalue weighted by molar-refractivity contribution is -0.110. The molecule has 3 N–H and O–H groups in total. The number of hydrogen-bond donors (Lipinski definition) is 3. The molecule has 0 unspecified atom stereocenters. The number of ketones is 1. The molecule has 0 saturated carbocycles. The highest BCUT2D eigenvalue weighted by molar-refractivity contribution is 6.05. The maximum Gasteiger partial charge on any atom is 0.182 e. The van der Waals surface area contributed by atoms with E-state index in [1.54, 1.807) is 18.2 Å².